The summed E-state index contributed by atoms with van der Waals surface area (Å²) in [5.74, 6) is -0.0606. The topological polar surface area (TPSA) is 45.2 Å². The van der Waals surface area contributed by atoms with Gasteiger partial charge in [0.15, 0.2) is 0 Å². The fourth-order valence-electron chi connectivity index (χ4n) is 2.31. The maximum Gasteiger partial charge on any atom is 0.251 e. The third-order valence-electron chi connectivity index (χ3n) is 4.02. The average molecular weight is 311 g/mol. The number of carbonyl (C=O) groups excluding carboxylic acids is 1. The van der Waals surface area contributed by atoms with Crippen molar-refractivity contribution in [1.29, 1.82) is 0 Å². The molecule has 0 aliphatic rings. The Morgan fingerprint density at radius 3 is 2.70 bits per heavy atom. The van der Waals surface area contributed by atoms with Crippen LogP contribution in [-0.4, -0.2) is 28.9 Å². The Hall–Kier alpha value is -2.20. The summed E-state index contributed by atoms with van der Waals surface area (Å²) in [4.78, 5) is 18.5. The highest BCUT2D eigenvalue weighted by atomic mass is 16.1. The van der Waals surface area contributed by atoms with Gasteiger partial charge in [0.25, 0.3) is 5.91 Å². The molecule has 0 saturated carbocycles. The van der Waals surface area contributed by atoms with Crippen LogP contribution < -0.4 is 5.32 Å². The molecule has 0 spiro atoms. The van der Waals surface area contributed by atoms with E-state index in [1.807, 2.05) is 19.1 Å². The number of nitrogens with zero attached hydrogens (tertiary/aromatic N) is 2. The molecule has 1 heterocycles. The van der Waals surface area contributed by atoms with Crippen molar-refractivity contribution in [3.63, 3.8) is 0 Å². The number of aromatic nitrogens is 1. The Kier molecular flexibility index (Phi) is 5.88. The molecule has 2 rings (SSSR count). The highest BCUT2D eigenvalue weighted by Gasteiger charge is 2.09. The van der Waals surface area contributed by atoms with Crippen LogP contribution in [0.15, 0.2) is 42.7 Å². The molecule has 0 fully saturated rings. The van der Waals surface area contributed by atoms with Gasteiger partial charge in [-0.2, -0.15) is 0 Å². The number of amides is 1. The molecule has 122 valence electrons. The van der Waals surface area contributed by atoms with Gasteiger partial charge in [-0.15, -0.1) is 0 Å². The highest BCUT2D eigenvalue weighted by molar-refractivity contribution is 5.95. The van der Waals surface area contributed by atoms with E-state index in [9.17, 15) is 4.79 Å². The first-order chi connectivity index (χ1) is 11.0. The predicted molar refractivity (Wildman–Crippen MR) is 93.2 cm³/mol. The number of benzene rings is 1. The van der Waals surface area contributed by atoms with Gasteiger partial charge in [0.2, 0.25) is 0 Å². The lowest BCUT2D eigenvalue weighted by Crippen LogP contribution is -2.26. The molecule has 2 aromatic rings. The minimum absolute atomic E-state index is 0.0606. The van der Waals surface area contributed by atoms with E-state index in [2.05, 4.69) is 48.2 Å². The molecule has 1 amide bonds. The van der Waals surface area contributed by atoms with E-state index in [1.165, 1.54) is 5.56 Å². The Labute approximate surface area is 138 Å². The van der Waals surface area contributed by atoms with Crippen molar-refractivity contribution >= 4 is 5.91 Å². The summed E-state index contributed by atoms with van der Waals surface area (Å²) in [7, 11) is 2.12. The first kappa shape index (κ1) is 17.2. The summed E-state index contributed by atoms with van der Waals surface area (Å²) in [6, 6.07) is 10.6. The quantitative estimate of drug-likeness (QED) is 0.891. The Morgan fingerprint density at radius 1 is 1.26 bits per heavy atom. The number of hydrogen-bond donors (Lipinski definition) is 1. The monoisotopic (exact) mass is 311 g/mol. The summed E-state index contributed by atoms with van der Waals surface area (Å²) in [6.07, 6.45) is 3.35. The number of hydrogen-bond acceptors (Lipinski definition) is 3. The molecule has 23 heavy (non-hydrogen) atoms. The van der Waals surface area contributed by atoms with Crippen LogP contribution >= 0.6 is 0 Å². The minimum atomic E-state index is -0.0606. The van der Waals surface area contributed by atoms with Crippen LogP contribution in [0, 0.1) is 6.92 Å². The van der Waals surface area contributed by atoms with Gasteiger partial charge in [-0.3, -0.25) is 14.7 Å². The van der Waals surface area contributed by atoms with E-state index in [4.69, 9.17) is 0 Å². The van der Waals surface area contributed by atoms with Crippen LogP contribution in [0.3, 0.4) is 0 Å². The van der Waals surface area contributed by atoms with Crippen LogP contribution in [0.25, 0.3) is 0 Å². The molecular formula is C19H25N3O. The average Bonchev–Trinajstić information content (AvgIpc) is 2.53. The maximum absolute atomic E-state index is 12.2. The Balaban J connectivity index is 1.98. The fraction of sp³-hybridized carbons (Fsp3) is 0.368. The zero-order valence-electron chi connectivity index (χ0n) is 14.3. The van der Waals surface area contributed by atoms with E-state index >= 15 is 0 Å². The van der Waals surface area contributed by atoms with Gasteiger partial charge in [-0.1, -0.05) is 24.3 Å². The molecule has 4 nitrogen and oxygen atoms in total. The van der Waals surface area contributed by atoms with Crippen LogP contribution in [0.2, 0.25) is 0 Å². The molecule has 0 aliphatic heterocycles. The number of aryl methyl sites for hydroxylation is 1. The van der Waals surface area contributed by atoms with Gasteiger partial charge in [0, 0.05) is 37.1 Å². The standard InChI is InChI=1S/C19H25N3O/c1-14(2)22(4)13-17-7-5-6-16(10-17)12-21-19(23)18-8-9-20-11-15(18)3/h5-11,14H,12-13H2,1-4H3,(H,21,23). The number of carbonyl (C=O) groups is 1. The van der Waals surface area contributed by atoms with Gasteiger partial charge in [0.05, 0.1) is 0 Å². The summed E-state index contributed by atoms with van der Waals surface area (Å²) >= 11 is 0. The first-order valence-electron chi connectivity index (χ1n) is 7.94. The Morgan fingerprint density at radius 2 is 2.00 bits per heavy atom. The summed E-state index contributed by atoms with van der Waals surface area (Å²) in [6.45, 7) is 7.69. The van der Waals surface area contributed by atoms with Crippen molar-refractivity contribution in [2.45, 2.75) is 39.9 Å². The van der Waals surface area contributed by atoms with E-state index in [1.54, 1.807) is 18.5 Å². The van der Waals surface area contributed by atoms with Crippen molar-refractivity contribution in [3.05, 3.63) is 65.0 Å². The normalized spacial score (nSPS) is 11.0. The first-order valence-corrected chi connectivity index (χ1v) is 7.94. The van der Waals surface area contributed by atoms with Gasteiger partial charge in [0.1, 0.15) is 0 Å². The zero-order chi connectivity index (χ0) is 16.8. The molecule has 0 aliphatic carbocycles. The van der Waals surface area contributed by atoms with Gasteiger partial charge in [-0.25, -0.2) is 0 Å². The lowest BCUT2D eigenvalue weighted by molar-refractivity contribution is 0.0950. The molecule has 4 heteroatoms. The molecule has 0 radical (unpaired) electrons. The second-order valence-corrected chi connectivity index (χ2v) is 6.20. The molecular weight excluding hydrogens is 286 g/mol. The van der Waals surface area contributed by atoms with Crippen LogP contribution in [-0.2, 0) is 13.1 Å². The van der Waals surface area contributed by atoms with Crippen LogP contribution in [0.1, 0.15) is 40.9 Å². The second kappa shape index (κ2) is 7.88. The summed E-state index contributed by atoms with van der Waals surface area (Å²) in [5, 5.41) is 2.98. The second-order valence-electron chi connectivity index (χ2n) is 6.20. The van der Waals surface area contributed by atoms with Gasteiger partial charge < -0.3 is 5.32 Å². The van der Waals surface area contributed by atoms with E-state index < -0.39 is 0 Å². The molecule has 0 atom stereocenters. The third-order valence-corrected chi connectivity index (χ3v) is 4.02. The number of nitrogens with one attached hydrogen (secondary N) is 1. The smallest absolute Gasteiger partial charge is 0.251 e. The number of rotatable bonds is 6. The fourth-order valence-corrected chi connectivity index (χ4v) is 2.31. The molecule has 1 aromatic heterocycles. The third kappa shape index (κ3) is 4.89. The van der Waals surface area contributed by atoms with Crippen molar-refractivity contribution in [1.82, 2.24) is 15.2 Å². The molecule has 0 unspecified atom stereocenters. The highest BCUT2D eigenvalue weighted by Crippen LogP contribution is 2.10. The predicted octanol–water partition coefficient (Wildman–Crippen LogP) is 3.16. The summed E-state index contributed by atoms with van der Waals surface area (Å²) in [5.41, 5.74) is 3.93. The number of pyridine rings is 1. The zero-order valence-corrected chi connectivity index (χ0v) is 14.3. The lowest BCUT2D eigenvalue weighted by Gasteiger charge is -2.21. The van der Waals surface area contributed by atoms with Crippen molar-refractivity contribution < 1.29 is 4.79 Å². The van der Waals surface area contributed by atoms with Crippen LogP contribution in [0.4, 0.5) is 0 Å². The SMILES string of the molecule is Cc1cnccc1C(=O)NCc1cccc(CN(C)C(C)C)c1. The van der Waals surface area contributed by atoms with E-state index in [0.29, 0.717) is 18.2 Å². The largest absolute Gasteiger partial charge is 0.348 e. The molecule has 0 saturated heterocycles. The van der Waals surface area contributed by atoms with E-state index in [0.717, 1.165) is 17.7 Å². The van der Waals surface area contributed by atoms with Crippen molar-refractivity contribution in [2.75, 3.05) is 7.05 Å². The Bertz CT molecular complexity index is 667. The van der Waals surface area contributed by atoms with Crippen LogP contribution in [0.5, 0.6) is 0 Å². The van der Waals surface area contributed by atoms with Gasteiger partial charge in [-0.05, 0) is 50.6 Å². The van der Waals surface area contributed by atoms with E-state index in [-0.39, 0.29) is 5.91 Å². The molecule has 1 aromatic carbocycles. The maximum atomic E-state index is 12.2. The molecule has 0 bridgehead atoms. The van der Waals surface area contributed by atoms with Crippen molar-refractivity contribution in [3.8, 4) is 0 Å². The minimum Gasteiger partial charge on any atom is -0.348 e. The summed E-state index contributed by atoms with van der Waals surface area (Å²) < 4.78 is 0. The van der Waals surface area contributed by atoms with Crippen molar-refractivity contribution in [2.24, 2.45) is 0 Å². The van der Waals surface area contributed by atoms with Gasteiger partial charge >= 0.3 is 0 Å². The lowest BCUT2D eigenvalue weighted by atomic mass is 10.1. The molecule has 1 N–H and O–H groups in total.